The molecule has 2 N–H and O–H groups in total. The maximum atomic E-state index is 11.0. The van der Waals surface area contributed by atoms with Crippen LogP contribution in [0.3, 0.4) is 0 Å². The highest BCUT2D eigenvalue weighted by atomic mass is 16.4. The maximum Gasteiger partial charge on any atom is 0.335 e. The highest BCUT2D eigenvalue weighted by Crippen LogP contribution is 2.12. The molecule has 0 atom stereocenters. The number of nitrogens with one attached hydrogen (secondary N) is 1. The van der Waals surface area contributed by atoms with Gasteiger partial charge in [0.15, 0.2) is 0 Å². The van der Waals surface area contributed by atoms with E-state index in [0.29, 0.717) is 12.4 Å². The number of carboxylic acid groups (broad SMARTS) is 1. The van der Waals surface area contributed by atoms with E-state index in [1.54, 1.807) is 19.1 Å². The van der Waals surface area contributed by atoms with Crippen LogP contribution in [0.4, 0.5) is 5.82 Å². The molecule has 1 rings (SSSR count). The zero-order valence-electron chi connectivity index (χ0n) is 10.8. The van der Waals surface area contributed by atoms with Gasteiger partial charge in [0, 0.05) is 18.7 Å². The van der Waals surface area contributed by atoms with E-state index in [0.717, 1.165) is 25.0 Å². The SMILES string of the molecule is CC#CCCNc1cc(C(=O)O)cc(CCC)n1. The Bertz CT molecular complexity index is 472. The molecule has 0 aromatic carbocycles. The Morgan fingerprint density at radius 2 is 2.28 bits per heavy atom. The normalized spacial score (nSPS) is 9.44. The van der Waals surface area contributed by atoms with Crippen LogP contribution in [0, 0.1) is 11.8 Å². The van der Waals surface area contributed by atoms with Gasteiger partial charge in [-0.05, 0) is 25.5 Å². The van der Waals surface area contributed by atoms with Crippen molar-refractivity contribution in [2.75, 3.05) is 11.9 Å². The molecule has 0 aliphatic rings. The number of anilines is 1. The van der Waals surface area contributed by atoms with Crippen molar-refractivity contribution in [1.29, 1.82) is 0 Å². The summed E-state index contributed by atoms with van der Waals surface area (Å²) in [5, 5.41) is 12.1. The number of pyridine rings is 1. The van der Waals surface area contributed by atoms with Crippen LogP contribution < -0.4 is 5.32 Å². The van der Waals surface area contributed by atoms with E-state index in [-0.39, 0.29) is 5.56 Å². The lowest BCUT2D eigenvalue weighted by Crippen LogP contribution is -2.07. The largest absolute Gasteiger partial charge is 0.478 e. The number of nitrogens with zero attached hydrogens (tertiary/aromatic N) is 1. The molecular formula is C14H18N2O2. The van der Waals surface area contributed by atoms with Crippen molar-refractivity contribution < 1.29 is 9.90 Å². The molecule has 0 aliphatic carbocycles. The molecular weight excluding hydrogens is 228 g/mol. The van der Waals surface area contributed by atoms with E-state index in [1.165, 1.54) is 0 Å². The minimum atomic E-state index is -0.925. The third-order valence-electron chi connectivity index (χ3n) is 2.36. The van der Waals surface area contributed by atoms with E-state index >= 15 is 0 Å². The molecule has 0 radical (unpaired) electrons. The fourth-order valence-electron chi connectivity index (χ4n) is 1.56. The van der Waals surface area contributed by atoms with Crippen LogP contribution in [0.1, 0.15) is 42.7 Å². The number of carbonyl (C=O) groups is 1. The first kappa shape index (κ1) is 14.0. The van der Waals surface area contributed by atoms with Gasteiger partial charge in [-0.3, -0.25) is 0 Å². The second-order valence-corrected chi connectivity index (χ2v) is 3.89. The Kier molecular flexibility index (Phi) is 5.72. The number of aryl methyl sites for hydroxylation is 1. The van der Waals surface area contributed by atoms with E-state index in [2.05, 4.69) is 22.1 Å². The summed E-state index contributed by atoms with van der Waals surface area (Å²) < 4.78 is 0. The summed E-state index contributed by atoms with van der Waals surface area (Å²) in [7, 11) is 0. The van der Waals surface area contributed by atoms with Gasteiger partial charge in [0.25, 0.3) is 0 Å². The van der Waals surface area contributed by atoms with Gasteiger partial charge >= 0.3 is 5.97 Å². The van der Waals surface area contributed by atoms with E-state index in [4.69, 9.17) is 5.11 Å². The van der Waals surface area contributed by atoms with Crippen molar-refractivity contribution in [3.8, 4) is 11.8 Å². The van der Waals surface area contributed by atoms with Crippen LogP contribution in [0.15, 0.2) is 12.1 Å². The molecule has 1 heterocycles. The molecule has 0 saturated carbocycles. The van der Waals surface area contributed by atoms with Crippen LogP contribution in [-0.2, 0) is 6.42 Å². The van der Waals surface area contributed by atoms with Gasteiger partial charge in [-0.25, -0.2) is 9.78 Å². The smallest absolute Gasteiger partial charge is 0.335 e. The van der Waals surface area contributed by atoms with Crippen molar-refractivity contribution in [1.82, 2.24) is 4.98 Å². The number of rotatable bonds is 6. The number of hydrogen-bond acceptors (Lipinski definition) is 3. The lowest BCUT2D eigenvalue weighted by molar-refractivity contribution is 0.0696. The average molecular weight is 246 g/mol. The van der Waals surface area contributed by atoms with Crippen molar-refractivity contribution >= 4 is 11.8 Å². The van der Waals surface area contributed by atoms with Crippen LogP contribution in [0.2, 0.25) is 0 Å². The molecule has 0 bridgehead atoms. The van der Waals surface area contributed by atoms with Crippen molar-refractivity contribution in [2.45, 2.75) is 33.1 Å². The fraction of sp³-hybridized carbons (Fsp3) is 0.429. The summed E-state index contributed by atoms with van der Waals surface area (Å²) >= 11 is 0. The monoisotopic (exact) mass is 246 g/mol. The maximum absolute atomic E-state index is 11.0. The average Bonchev–Trinajstić information content (AvgIpc) is 2.35. The second-order valence-electron chi connectivity index (χ2n) is 3.89. The van der Waals surface area contributed by atoms with Crippen LogP contribution in [0.25, 0.3) is 0 Å². The summed E-state index contributed by atoms with van der Waals surface area (Å²) in [5.74, 6) is 5.43. The minimum absolute atomic E-state index is 0.275. The van der Waals surface area contributed by atoms with E-state index in [1.807, 2.05) is 6.92 Å². The summed E-state index contributed by atoms with van der Waals surface area (Å²) in [4.78, 5) is 15.4. The molecule has 0 saturated heterocycles. The van der Waals surface area contributed by atoms with Crippen LogP contribution in [-0.4, -0.2) is 22.6 Å². The predicted octanol–water partition coefficient (Wildman–Crippen LogP) is 2.56. The molecule has 1 aromatic heterocycles. The van der Waals surface area contributed by atoms with E-state index < -0.39 is 5.97 Å². The Labute approximate surface area is 107 Å². The van der Waals surface area contributed by atoms with Gasteiger partial charge in [-0.2, -0.15) is 0 Å². The summed E-state index contributed by atoms with van der Waals surface area (Å²) in [6.07, 6.45) is 2.44. The molecule has 4 heteroatoms. The Balaban J connectivity index is 2.80. The Morgan fingerprint density at radius 3 is 2.89 bits per heavy atom. The first-order valence-corrected chi connectivity index (χ1v) is 6.05. The number of aromatic nitrogens is 1. The molecule has 4 nitrogen and oxygen atoms in total. The van der Waals surface area contributed by atoms with Crippen molar-refractivity contribution in [2.24, 2.45) is 0 Å². The van der Waals surface area contributed by atoms with Gasteiger partial charge in [0.2, 0.25) is 0 Å². The first-order valence-electron chi connectivity index (χ1n) is 6.05. The van der Waals surface area contributed by atoms with Gasteiger partial charge in [-0.1, -0.05) is 13.3 Å². The molecule has 0 aliphatic heterocycles. The first-order chi connectivity index (χ1) is 8.67. The minimum Gasteiger partial charge on any atom is -0.478 e. The van der Waals surface area contributed by atoms with Crippen molar-refractivity contribution in [3.63, 3.8) is 0 Å². The predicted molar refractivity (Wildman–Crippen MR) is 71.7 cm³/mol. The topological polar surface area (TPSA) is 62.2 Å². The molecule has 0 fully saturated rings. The number of carboxylic acids is 1. The zero-order chi connectivity index (χ0) is 13.4. The molecule has 0 amide bonds. The fourth-order valence-corrected chi connectivity index (χ4v) is 1.56. The molecule has 0 unspecified atom stereocenters. The third kappa shape index (κ3) is 4.46. The zero-order valence-corrected chi connectivity index (χ0v) is 10.8. The standard InChI is InChI=1S/C14H18N2O2/c1-3-5-6-8-15-13-10-11(14(17)18)9-12(16-13)7-4-2/h9-10H,4,6-8H2,1-2H3,(H,15,16)(H,17,18). The quantitative estimate of drug-likeness (QED) is 0.598. The lowest BCUT2D eigenvalue weighted by atomic mass is 10.1. The number of aromatic carboxylic acids is 1. The third-order valence-corrected chi connectivity index (χ3v) is 2.36. The second kappa shape index (κ2) is 7.33. The number of hydrogen-bond donors (Lipinski definition) is 2. The summed E-state index contributed by atoms with van der Waals surface area (Å²) in [6, 6.07) is 3.18. The summed E-state index contributed by atoms with van der Waals surface area (Å²) in [5.41, 5.74) is 1.08. The van der Waals surface area contributed by atoms with Crippen LogP contribution >= 0.6 is 0 Å². The van der Waals surface area contributed by atoms with E-state index in [9.17, 15) is 4.79 Å². The lowest BCUT2D eigenvalue weighted by Gasteiger charge is -2.07. The van der Waals surface area contributed by atoms with Gasteiger partial charge in [-0.15, -0.1) is 11.8 Å². The van der Waals surface area contributed by atoms with Gasteiger partial charge in [0.05, 0.1) is 5.56 Å². The molecule has 0 spiro atoms. The Hall–Kier alpha value is -2.02. The van der Waals surface area contributed by atoms with Gasteiger partial charge < -0.3 is 10.4 Å². The highest BCUT2D eigenvalue weighted by molar-refractivity contribution is 5.88. The molecule has 18 heavy (non-hydrogen) atoms. The highest BCUT2D eigenvalue weighted by Gasteiger charge is 2.07. The summed E-state index contributed by atoms with van der Waals surface area (Å²) in [6.45, 7) is 4.50. The molecule has 1 aromatic rings. The van der Waals surface area contributed by atoms with Crippen molar-refractivity contribution in [3.05, 3.63) is 23.4 Å². The molecule has 96 valence electrons. The van der Waals surface area contributed by atoms with Gasteiger partial charge in [0.1, 0.15) is 5.82 Å². The Morgan fingerprint density at radius 1 is 1.50 bits per heavy atom. The van der Waals surface area contributed by atoms with Crippen LogP contribution in [0.5, 0.6) is 0 Å².